The topological polar surface area (TPSA) is 47.3 Å². The minimum atomic E-state index is 0.633. The maximum absolute atomic E-state index is 6.12. The summed E-state index contributed by atoms with van der Waals surface area (Å²) < 4.78 is 5.89. The maximum Gasteiger partial charge on any atom is 0.122 e. The number of ether oxygens (including phenoxy) is 1. The lowest BCUT2D eigenvalue weighted by Crippen LogP contribution is -2.23. The van der Waals surface area contributed by atoms with Gasteiger partial charge in [0.25, 0.3) is 0 Å². The summed E-state index contributed by atoms with van der Waals surface area (Å²) in [6, 6.07) is 16.1. The van der Waals surface area contributed by atoms with E-state index in [0.717, 1.165) is 42.3 Å². The first kappa shape index (κ1) is 16.8. The molecule has 3 N–H and O–H groups in total. The highest BCUT2D eigenvalue weighted by Gasteiger charge is 2.06. The zero-order valence-electron chi connectivity index (χ0n) is 12.7. The van der Waals surface area contributed by atoms with Gasteiger partial charge in [-0.2, -0.15) is 0 Å². The second kappa shape index (κ2) is 9.46. The summed E-state index contributed by atoms with van der Waals surface area (Å²) in [6.07, 6.45) is 1.80. The van der Waals surface area contributed by atoms with Crippen LogP contribution in [0.1, 0.15) is 17.5 Å². The van der Waals surface area contributed by atoms with E-state index in [1.54, 1.807) is 0 Å². The van der Waals surface area contributed by atoms with Gasteiger partial charge in [0.1, 0.15) is 12.4 Å². The molecule has 0 heterocycles. The quantitative estimate of drug-likeness (QED) is 0.698. The first-order chi connectivity index (χ1) is 10.8. The van der Waals surface area contributed by atoms with Crippen molar-refractivity contribution in [2.75, 3.05) is 26.2 Å². The van der Waals surface area contributed by atoms with Gasteiger partial charge in [-0.15, -0.1) is 0 Å². The molecule has 2 aromatic rings. The minimum Gasteiger partial charge on any atom is -0.492 e. The monoisotopic (exact) mass is 318 g/mol. The van der Waals surface area contributed by atoms with Crippen LogP contribution >= 0.6 is 11.6 Å². The lowest BCUT2D eigenvalue weighted by molar-refractivity contribution is 0.311. The van der Waals surface area contributed by atoms with E-state index in [4.69, 9.17) is 22.1 Å². The number of hydrogen-bond acceptors (Lipinski definition) is 3. The molecule has 4 heteroatoms. The van der Waals surface area contributed by atoms with Crippen LogP contribution in [-0.4, -0.2) is 26.2 Å². The third-order valence-corrected chi connectivity index (χ3v) is 3.59. The maximum atomic E-state index is 6.12. The fraction of sp³-hybridized carbons (Fsp3) is 0.333. The molecule has 0 spiro atoms. The zero-order chi connectivity index (χ0) is 15.6. The van der Waals surface area contributed by atoms with Gasteiger partial charge < -0.3 is 15.8 Å². The molecule has 0 bridgehead atoms. The summed E-state index contributed by atoms with van der Waals surface area (Å²) >= 11 is 6.12. The van der Waals surface area contributed by atoms with Crippen molar-refractivity contribution in [2.24, 2.45) is 5.73 Å². The largest absolute Gasteiger partial charge is 0.492 e. The lowest BCUT2D eigenvalue weighted by Gasteiger charge is -2.12. The van der Waals surface area contributed by atoms with Crippen LogP contribution in [0.2, 0.25) is 5.02 Å². The highest BCUT2D eigenvalue weighted by atomic mass is 35.5. The fourth-order valence-electron chi connectivity index (χ4n) is 2.23. The Balaban J connectivity index is 1.93. The van der Waals surface area contributed by atoms with Gasteiger partial charge in [0.05, 0.1) is 0 Å². The van der Waals surface area contributed by atoms with E-state index in [0.29, 0.717) is 13.2 Å². The first-order valence-electron chi connectivity index (χ1n) is 7.65. The Labute approximate surface area is 137 Å². The van der Waals surface area contributed by atoms with Crippen molar-refractivity contribution < 1.29 is 4.74 Å². The number of benzene rings is 2. The van der Waals surface area contributed by atoms with Crippen molar-refractivity contribution >= 4 is 11.6 Å². The standard InChI is InChI=1S/C18H23ClN2O/c19-17-7-8-18(22-12-11-21-10-4-9-20)16(14-17)13-15-5-2-1-3-6-15/h1-3,5-8,14,21H,4,9-13,20H2. The molecule has 118 valence electrons. The highest BCUT2D eigenvalue weighted by molar-refractivity contribution is 6.30. The Bertz CT molecular complexity index is 560. The van der Waals surface area contributed by atoms with Crippen LogP contribution in [0, 0.1) is 0 Å². The SMILES string of the molecule is NCCCNCCOc1ccc(Cl)cc1Cc1ccccc1. The fourth-order valence-corrected chi connectivity index (χ4v) is 2.42. The molecule has 0 aliphatic rings. The highest BCUT2D eigenvalue weighted by Crippen LogP contribution is 2.25. The number of hydrogen-bond donors (Lipinski definition) is 2. The van der Waals surface area contributed by atoms with E-state index in [2.05, 4.69) is 17.4 Å². The Morgan fingerprint density at radius 2 is 1.86 bits per heavy atom. The van der Waals surface area contributed by atoms with Crippen LogP contribution in [0.4, 0.5) is 0 Å². The second-order valence-electron chi connectivity index (χ2n) is 5.16. The average Bonchev–Trinajstić information content (AvgIpc) is 2.53. The molecule has 0 saturated carbocycles. The average molecular weight is 319 g/mol. The summed E-state index contributed by atoms with van der Waals surface area (Å²) in [5, 5.41) is 4.04. The van der Waals surface area contributed by atoms with Crippen LogP contribution in [0.25, 0.3) is 0 Å². The molecular formula is C18H23ClN2O. The molecule has 22 heavy (non-hydrogen) atoms. The molecule has 0 aliphatic carbocycles. The third kappa shape index (κ3) is 5.68. The Morgan fingerprint density at radius 1 is 1.05 bits per heavy atom. The number of rotatable bonds is 9. The van der Waals surface area contributed by atoms with Gasteiger partial charge in [-0.25, -0.2) is 0 Å². The smallest absolute Gasteiger partial charge is 0.122 e. The molecule has 0 radical (unpaired) electrons. The van der Waals surface area contributed by atoms with Crippen molar-refractivity contribution in [3.63, 3.8) is 0 Å². The zero-order valence-corrected chi connectivity index (χ0v) is 13.5. The van der Waals surface area contributed by atoms with Gasteiger partial charge in [0.15, 0.2) is 0 Å². The summed E-state index contributed by atoms with van der Waals surface area (Å²) in [5.74, 6) is 0.897. The molecule has 3 nitrogen and oxygen atoms in total. The van der Waals surface area contributed by atoms with E-state index in [-0.39, 0.29) is 0 Å². The molecule has 0 saturated heterocycles. The molecule has 2 aromatic carbocycles. The second-order valence-corrected chi connectivity index (χ2v) is 5.59. The van der Waals surface area contributed by atoms with Crippen molar-refractivity contribution in [1.82, 2.24) is 5.32 Å². The summed E-state index contributed by atoms with van der Waals surface area (Å²) in [6.45, 7) is 3.09. The van der Waals surface area contributed by atoms with Gasteiger partial charge in [0.2, 0.25) is 0 Å². The van der Waals surface area contributed by atoms with Crippen LogP contribution in [0.15, 0.2) is 48.5 Å². The summed E-state index contributed by atoms with van der Waals surface area (Å²) in [4.78, 5) is 0. The molecule has 0 aliphatic heterocycles. The van der Waals surface area contributed by atoms with Crippen LogP contribution in [0.5, 0.6) is 5.75 Å². The Hall–Kier alpha value is -1.55. The minimum absolute atomic E-state index is 0.633. The van der Waals surface area contributed by atoms with Crippen molar-refractivity contribution in [3.8, 4) is 5.75 Å². The van der Waals surface area contributed by atoms with Gasteiger partial charge in [-0.3, -0.25) is 0 Å². The molecule has 0 atom stereocenters. The number of nitrogens with two attached hydrogens (primary N) is 1. The Kier molecular flexibility index (Phi) is 7.23. The molecule has 0 aromatic heterocycles. The van der Waals surface area contributed by atoms with Crippen molar-refractivity contribution in [3.05, 3.63) is 64.7 Å². The van der Waals surface area contributed by atoms with E-state index in [1.807, 2.05) is 36.4 Å². The number of halogens is 1. The molecule has 0 fully saturated rings. The van der Waals surface area contributed by atoms with Crippen molar-refractivity contribution in [2.45, 2.75) is 12.8 Å². The van der Waals surface area contributed by atoms with E-state index in [9.17, 15) is 0 Å². The van der Waals surface area contributed by atoms with Crippen LogP contribution < -0.4 is 15.8 Å². The summed E-state index contributed by atoms with van der Waals surface area (Å²) in [5.41, 5.74) is 7.82. The normalized spacial score (nSPS) is 10.6. The van der Waals surface area contributed by atoms with Crippen LogP contribution in [0.3, 0.4) is 0 Å². The van der Waals surface area contributed by atoms with Gasteiger partial charge in [-0.1, -0.05) is 41.9 Å². The van der Waals surface area contributed by atoms with E-state index < -0.39 is 0 Å². The molecule has 0 amide bonds. The van der Waals surface area contributed by atoms with Gasteiger partial charge in [0, 0.05) is 18.0 Å². The number of nitrogens with one attached hydrogen (secondary N) is 1. The predicted molar refractivity (Wildman–Crippen MR) is 92.7 cm³/mol. The Morgan fingerprint density at radius 3 is 2.64 bits per heavy atom. The van der Waals surface area contributed by atoms with Gasteiger partial charge in [-0.05, 0) is 48.8 Å². The van der Waals surface area contributed by atoms with Gasteiger partial charge >= 0.3 is 0 Å². The molecule has 0 unspecified atom stereocenters. The third-order valence-electron chi connectivity index (χ3n) is 3.35. The first-order valence-corrected chi connectivity index (χ1v) is 8.03. The summed E-state index contributed by atoms with van der Waals surface area (Å²) in [7, 11) is 0. The van der Waals surface area contributed by atoms with E-state index >= 15 is 0 Å². The molecular weight excluding hydrogens is 296 g/mol. The van der Waals surface area contributed by atoms with E-state index in [1.165, 1.54) is 5.56 Å². The van der Waals surface area contributed by atoms with Crippen molar-refractivity contribution in [1.29, 1.82) is 0 Å². The lowest BCUT2D eigenvalue weighted by atomic mass is 10.0. The molecule has 2 rings (SSSR count). The van der Waals surface area contributed by atoms with Crippen LogP contribution in [-0.2, 0) is 6.42 Å². The predicted octanol–water partition coefficient (Wildman–Crippen LogP) is 3.25.